The smallest absolute Gasteiger partial charge is 0.318 e. The van der Waals surface area contributed by atoms with Gasteiger partial charge in [0.05, 0.1) is 36.0 Å². The van der Waals surface area contributed by atoms with Crippen LogP contribution < -0.4 is 19.7 Å². The average Bonchev–Trinajstić information content (AvgIpc) is 3.24. The molecule has 5 rings (SSSR count). The number of aromatic nitrogens is 5. The minimum absolute atomic E-state index is 0.142. The van der Waals surface area contributed by atoms with Crippen LogP contribution in [0.5, 0.6) is 17.6 Å². The maximum Gasteiger partial charge on any atom is 0.318 e. The van der Waals surface area contributed by atoms with Gasteiger partial charge in [-0.05, 0) is 28.1 Å². The van der Waals surface area contributed by atoms with Crippen molar-refractivity contribution < 1.29 is 13.9 Å². The first kappa shape index (κ1) is 21.7. The molecule has 9 nitrogen and oxygen atoms in total. The molecule has 1 fully saturated rings. The van der Waals surface area contributed by atoms with Crippen LogP contribution in [-0.4, -0.2) is 57.8 Å². The van der Waals surface area contributed by atoms with Gasteiger partial charge in [-0.2, -0.15) is 15.1 Å². The summed E-state index contributed by atoms with van der Waals surface area (Å²) in [6.07, 6.45) is 3.51. The van der Waals surface area contributed by atoms with E-state index in [1.807, 2.05) is 6.07 Å². The van der Waals surface area contributed by atoms with Crippen molar-refractivity contribution in [2.45, 2.75) is 0 Å². The van der Waals surface area contributed by atoms with Crippen LogP contribution in [0.4, 0.5) is 10.2 Å². The van der Waals surface area contributed by atoms with E-state index in [2.05, 4.69) is 52.3 Å². The monoisotopic (exact) mass is 587 g/mol. The molecule has 1 aromatic carbocycles. The molecule has 3 aromatic heterocycles. The number of fused-ring (bicyclic) bond motifs is 2. The number of halogens is 3. The molecule has 13 heteroatoms. The Hall–Kier alpha value is -2.08. The molecule has 0 bridgehead atoms. The van der Waals surface area contributed by atoms with Gasteiger partial charge in [-0.15, -0.1) is 0 Å². The number of nitrogens with one attached hydrogen (secondary N) is 1. The molecule has 1 saturated heterocycles. The van der Waals surface area contributed by atoms with Crippen LogP contribution in [0.15, 0.2) is 24.5 Å². The normalized spacial score (nSPS) is 14.7. The van der Waals surface area contributed by atoms with Crippen molar-refractivity contribution in [1.82, 2.24) is 29.8 Å². The minimum Gasteiger partial charge on any atom is -0.467 e. The van der Waals surface area contributed by atoms with Gasteiger partial charge in [-0.25, -0.2) is 13.8 Å². The molecule has 4 heterocycles. The third-order valence-electron chi connectivity index (χ3n) is 5.14. The number of anilines is 1. The fourth-order valence-electron chi connectivity index (χ4n) is 3.62. The Morgan fingerprint density at radius 2 is 2.06 bits per heavy atom. The van der Waals surface area contributed by atoms with Crippen molar-refractivity contribution in [3.8, 4) is 17.6 Å². The third kappa shape index (κ3) is 3.81. The molecule has 4 aromatic rings. The van der Waals surface area contributed by atoms with Crippen molar-refractivity contribution in [3.05, 3.63) is 35.4 Å². The number of rotatable bonds is 5. The highest BCUT2D eigenvalue weighted by molar-refractivity contribution is 14.2. The molecule has 166 valence electrons. The lowest BCUT2D eigenvalue weighted by Crippen LogP contribution is -2.44. The summed E-state index contributed by atoms with van der Waals surface area (Å²) in [5.74, 6) is 0.455. The Balaban J connectivity index is 1.67. The summed E-state index contributed by atoms with van der Waals surface area (Å²) in [7, 11) is 1.51. The van der Waals surface area contributed by atoms with E-state index < -0.39 is 5.82 Å². The van der Waals surface area contributed by atoms with Gasteiger partial charge in [0.15, 0.2) is 5.75 Å². The number of nitrogens with zero attached hydrogens (tertiary/aromatic N) is 6. The lowest BCUT2D eigenvalue weighted by atomic mass is 10.2. The van der Waals surface area contributed by atoms with E-state index in [4.69, 9.17) is 21.1 Å². The molecule has 1 aliphatic heterocycles. The molecule has 0 saturated carbocycles. The Bertz CT molecular complexity index is 1320. The van der Waals surface area contributed by atoms with E-state index in [0.29, 0.717) is 22.8 Å². The largest absolute Gasteiger partial charge is 0.467 e. The summed E-state index contributed by atoms with van der Waals surface area (Å²) in [6, 6.07) is 3.38. The molecule has 0 spiro atoms. The summed E-state index contributed by atoms with van der Waals surface area (Å²) in [6.45, 7) is 3.28. The summed E-state index contributed by atoms with van der Waals surface area (Å²) in [5, 5.41) is 8.83. The Labute approximate surface area is 202 Å². The zero-order chi connectivity index (χ0) is 22.2. The standard InChI is InChI=1S/C19H17ClFIN7O2P/c1-30-19-26-15-10(17(27-19)28-6-4-23-5-7-28)2-3-24-18(15)31-16-11-9-25-29(32-22)13(11)8-12(21)14(16)20/h2-3,8-9,23,32H,4-7H2,1H3. The van der Waals surface area contributed by atoms with Crippen LogP contribution >= 0.6 is 40.0 Å². The van der Waals surface area contributed by atoms with E-state index in [9.17, 15) is 4.39 Å². The van der Waals surface area contributed by atoms with Gasteiger partial charge in [0.1, 0.15) is 22.2 Å². The zero-order valence-corrected chi connectivity index (χ0v) is 20.7. The Morgan fingerprint density at radius 3 is 2.81 bits per heavy atom. The second kappa shape index (κ2) is 9.05. The van der Waals surface area contributed by atoms with Crippen molar-refractivity contribution in [3.63, 3.8) is 0 Å². The van der Waals surface area contributed by atoms with E-state index in [1.54, 1.807) is 16.8 Å². The highest BCUT2D eigenvalue weighted by atomic mass is 127. The summed E-state index contributed by atoms with van der Waals surface area (Å²) >= 11 is 8.48. The summed E-state index contributed by atoms with van der Waals surface area (Å²) < 4.78 is 27.7. The average molecular weight is 588 g/mol. The number of methoxy groups -OCH3 is 1. The van der Waals surface area contributed by atoms with Crippen LogP contribution in [0.2, 0.25) is 5.02 Å². The van der Waals surface area contributed by atoms with Crippen LogP contribution in [0, 0.1) is 5.82 Å². The number of piperazine rings is 1. The first-order chi connectivity index (χ1) is 15.6. The highest BCUT2D eigenvalue weighted by Crippen LogP contribution is 2.42. The fourth-order valence-corrected chi connectivity index (χ4v) is 5.35. The number of hydrogen-bond acceptors (Lipinski definition) is 8. The van der Waals surface area contributed by atoms with E-state index in [0.717, 1.165) is 37.4 Å². The van der Waals surface area contributed by atoms with Crippen LogP contribution in [0.3, 0.4) is 0 Å². The predicted octanol–water partition coefficient (Wildman–Crippen LogP) is 4.17. The maximum atomic E-state index is 14.6. The van der Waals surface area contributed by atoms with E-state index >= 15 is 0 Å². The topological polar surface area (TPSA) is 90.2 Å². The lowest BCUT2D eigenvalue weighted by Gasteiger charge is -2.29. The Kier molecular flexibility index (Phi) is 6.15. The number of ether oxygens (including phenoxy) is 2. The second-order valence-corrected chi connectivity index (χ2v) is 9.38. The lowest BCUT2D eigenvalue weighted by molar-refractivity contribution is 0.380. The number of benzene rings is 1. The summed E-state index contributed by atoms with van der Waals surface area (Å²) in [5.41, 5.74) is 1.04. The van der Waals surface area contributed by atoms with Gasteiger partial charge in [0, 0.05) is 38.4 Å². The van der Waals surface area contributed by atoms with Gasteiger partial charge >= 0.3 is 6.01 Å². The second-order valence-electron chi connectivity index (χ2n) is 6.96. The quantitative estimate of drug-likeness (QED) is 0.275. The van der Waals surface area contributed by atoms with Gasteiger partial charge < -0.3 is 19.7 Å². The zero-order valence-electron chi connectivity index (χ0n) is 16.8. The molecule has 32 heavy (non-hydrogen) atoms. The van der Waals surface area contributed by atoms with Gasteiger partial charge in [0.2, 0.25) is 5.88 Å². The molecule has 0 amide bonds. The highest BCUT2D eigenvalue weighted by Gasteiger charge is 2.23. The van der Waals surface area contributed by atoms with Crippen molar-refractivity contribution in [1.29, 1.82) is 0 Å². The van der Waals surface area contributed by atoms with E-state index in [-0.39, 0.29) is 22.7 Å². The first-order valence-electron chi connectivity index (χ1n) is 9.67. The minimum atomic E-state index is -0.598. The van der Waals surface area contributed by atoms with Gasteiger partial charge in [-0.3, -0.25) is 0 Å². The van der Waals surface area contributed by atoms with Crippen molar-refractivity contribution in [2.75, 3.05) is 38.2 Å². The molecular formula is C19H17ClFIN7O2P. The number of hydrogen-bond donors (Lipinski definition) is 1. The maximum absolute atomic E-state index is 14.6. The van der Waals surface area contributed by atoms with Crippen LogP contribution in [-0.2, 0) is 0 Å². The van der Waals surface area contributed by atoms with Crippen LogP contribution in [0.25, 0.3) is 21.8 Å². The SMILES string of the molecule is COc1nc(N2CCNCC2)c2ccnc(Oc3c(Cl)c(F)cc4c3cnn4PI)c2n1. The molecule has 1 unspecified atom stereocenters. The molecule has 0 aliphatic carbocycles. The van der Waals surface area contributed by atoms with Gasteiger partial charge in [-0.1, -0.05) is 11.6 Å². The predicted molar refractivity (Wildman–Crippen MR) is 131 cm³/mol. The Morgan fingerprint density at radius 1 is 1.25 bits per heavy atom. The molecule has 1 N–H and O–H groups in total. The first-order valence-corrected chi connectivity index (χ1v) is 14.1. The third-order valence-corrected chi connectivity index (χ3v) is 7.38. The van der Waals surface area contributed by atoms with E-state index in [1.165, 1.54) is 13.2 Å². The molecular weight excluding hydrogens is 571 g/mol. The number of pyridine rings is 1. The fraction of sp³-hybridized carbons (Fsp3) is 0.263. The van der Waals surface area contributed by atoms with Gasteiger partial charge in [0.25, 0.3) is 0 Å². The molecule has 1 aliphatic rings. The molecule has 0 radical (unpaired) electrons. The van der Waals surface area contributed by atoms with Crippen molar-refractivity contribution in [2.24, 2.45) is 0 Å². The van der Waals surface area contributed by atoms with Crippen LogP contribution in [0.1, 0.15) is 0 Å². The van der Waals surface area contributed by atoms with Crippen molar-refractivity contribution >= 4 is 67.6 Å². The molecule has 1 atom stereocenters. The summed E-state index contributed by atoms with van der Waals surface area (Å²) in [4.78, 5) is 15.6.